The summed E-state index contributed by atoms with van der Waals surface area (Å²) >= 11 is 0. The molecule has 3 heteroatoms. The predicted octanol–water partition coefficient (Wildman–Crippen LogP) is 1.93. The van der Waals surface area contributed by atoms with E-state index in [0.717, 1.165) is 30.1 Å². The summed E-state index contributed by atoms with van der Waals surface area (Å²) < 4.78 is 10.8. The van der Waals surface area contributed by atoms with E-state index >= 15 is 0 Å². The van der Waals surface area contributed by atoms with Gasteiger partial charge in [0.25, 0.3) is 0 Å². The fourth-order valence-corrected chi connectivity index (χ4v) is 2.57. The van der Waals surface area contributed by atoms with E-state index in [1.165, 1.54) is 5.56 Å². The van der Waals surface area contributed by atoms with Crippen LogP contribution in [0.2, 0.25) is 0 Å². The maximum atomic E-state index is 6.12. The van der Waals surface area contributed by atoms with Crippen LogP contribution in [0.5, 0.6) is 5.75 Å². The summed E-state index contributed by atoms with van der Waals surface area (Å²) in [4.78, 5) is 0. The molecule has 1 aromatic carbocycles. The van der Waals surface area contributed by atoms with E-state index in [4.69, 9.17) is 15.2 Å². The molecule has 1 fully saturated rings. The van der Waals surface area contributed by atoms with Crippen molar-refractivity contribution >= 4 is 0 Å². The molecule has 0 amide bonds. The van der Waals surface area contributed by atoms with Crippen molar-refractivity contribution in [1.29, 1.82) is 0 Å². The number of hydrogen-bond donors (Lipinski definition) is 1. The minimum Gasteiger partial charge on any atom is -0.496 e. The molecular weight excluding hydrogens is 214 g/mol. The fourth-order valence-electron chi connectivity index (χ4n) is 2.57. The van der Waals surface area contributed by atoms with Crippen LogP contribution < -0.4 is 10.5 Å². The van der Waals surface area contributed by atoms with Gasteiger partial charge in [-0.05, 0) is 37.5 Å². The Bertz CT molecular complexity index is 399. The van der Waals surface area contributed by atoms with Crippen molar-refractivity contribution in [2.75, 3.05) is 20.3 Å². The van der Waals surface area contributed by atoms with Gasteiger partial charge in [0, 0.05) is 6.04 Å². The third-order valence-electron chi connectivity index (χ3n) is 3.83. The molecule has 1 aliphatic heterocycles. The van der Waals surface area contributed by atoms with E-state index in [-0.39, 0.29) is 11.5 Å². The molecule has 0 bridgehead atoms. The molecule has 2 rings (SSSR count). The van der Waals surface area contributed by atoms with Gasteiger partial charge in [-0.2, -0.15) is 0 Å². The number of aryl methyl sites for hydroxylation is 2. The highest BCUT2D eigenvalue weighted by atomic mass is 16.5. The molecule has 1 saturated heterocycles. The van der Waals surface area contributed by atoms with Crippen molar-refractivity contribution in [2.24, 2.45) is 5.73 Å². The highest BCUT2D eigenvalue weighted by molar-refractivity contribution is 5.46. The van der Waals surface area contributed by atoms with Gasteiger partial charge in [0.1, 0.15) is 5.75 Å². The van der Waals surface area contributed by atoms with Gasteiger partial charge in [-0.25, -0.2) is 0 Å². The first kappa shape index (κ1) is 12.4. The summed E-state index contributed by atoms with van der Waals surface area (Å²) in [7, 11) is 1.71. The second kappa shape index (κ2) is 4.31. The maximum absolute atomic E-state index is 6.12. The molecule has 3 nitrogen and oxygen atoms in total. The fraction of sp³-hybridized carbons (Fsp3) is 0.571. The summed E-state index contributed by atoms with van der Waals surface area (Å²) in [6.45, 7) is 7.64. The summed E-state index contributed by atoms with van der Waals surface area (Å²) in [5.41, 5.74) is 9.71. The highest BCUT2D eigenvalue weighted by Crippen LogP contribution is 2.38. The van der Waals surface area contributed by atoms with Gasteiger partial charge in [-0.1, -0.05) is 12.1 Å². The van der Waals surface area contributed by atoms with Crippen molar-refractivity contribution in [3.05, 3.63) is 28.8 Å². The Balaban J connectivity index is 2.46. The van der Waals surface area contributed by atoms with Gasteiger partial charge in [0.15, 0.2) is 0 Å². The summed E-state index contributed by atoms with van der Waals surface area (Å²) in [5.74, 6) is 0.966. The molecule has 94 valence electrons. The second-order valence-electron chi connectivity index (χ2n) is 5.08. The summed E-state index contributed by atoms with van der Waals surface area (Å²) in [6.07, 6.45) is 0. The average molecular weight is 235 g/mol. The topological polar surface area (TPSA) is 44.5 Å². The van der Waals surface area contributed by atoms with Crippen LogP contribution in [0.15, 0.2) is 12.1 Å². The molecular formula is C14H21NO2. The van der Waals surface area contributed by atoms with E-state index in [2.05, 4.69) is 32.9 Å². The summed E-state index contributed by atoms with van der Waals surface area (Å²) in [5, 5.41) is 0. The van der Waals surface area contributed by atoms with Crippen LogP contribution in [0.4, 0.5) is 0 Å². The first-order valence-electron chi connectivity index (χ1n) is 6.00. The molecule has 1 aromatic rings. The number of ether oxygens (including phenoxy) is 2. The molecule has 0 radical (unpaired) electrons. The second-order valence-corrected chi connectivity index (χ2v) is 5.08. The van der Waals surface area contributed by atoms with Gasteiger partial charge in [0.05, 0.1) is 25.7 Å². The lowest BCUT2D eigenvalue weighted by atomic mass is 9.72. The minimum atomic E-state index is -0.0121. The standard InChI is InChI=1S/C14H21NO2/c1-9-5-12(6-10(2)13(9)16-4)14(11(3)15)7-17-8-14/h5-6,11H,7-8,15H2,1-4H3. The van der Waals surface area contributed by atoms with E-state index in [9.17, 15) is 0 Å². The zero-order valence-corrected chi connectivity index (χ0v) is 11.0. The lowest BCUT2D eigenvalue weighted by Gasteiger charge is -2.45. The third kappa shape index (κ3) is 1.83. The monoisotopic (exact) mass is 235 g/mol. The van der Waals surface area contributed by atoms with Crippen molar-refractivity contribution < 1.29 is 9.47 Å². The van der Waals surface area contributed by atoms with Crippen molar-refractivity contribution in [2.45, 2.75) is 32.2 Å². The SMILES string of the molecule is COc1c(C)cc(C2(C(C)N)COC2)cc1C. The van der Waals surface area contributed by atoms with Crippen molar-refractivity contribution in [3.63, 3.8) is 0 Å². The molecule has 0 spiro atoms. The quantitative estimate of drug-likeness (QED) is 0.870. The van der Waals surface area contributed by atoms with Gasteiger partial charge in [-0.15, -0.1) is 0 Å². The van der Waals surface area contributed by atoms with Crippen LogP contribution in [0, 0.1) is 13.8 Å². The number of nitrogens with two attached hydrogens (primary N) is 1. The third-order valence-corrected chi connectivity index (χ3v) is 3.83. The Morgan fingerprint density at radius 1 is 1.29 bits per heavy atom. The number of rotatable bonds is 3. The normalized spacial score (nSPS) is 19.6. The zero-order chi connectivity index (χ0) is 12.6. The lowest BCUT2D eigenvalue weighted by molar-refractivity contribution is -0.0702. The Kier molecular flexibility index (Phi) is 3.15. The van der Waals surface area contributed by atoms with Crippen LogP contribution in [0.3, 0.4) is 0 Å². The largest absolute Gasteiger partial charge is 0.496 e. The van der Waals surface area contributed by atoms with Crippen LogP contribution >= 0.6 is 0 Å². The van der Waals surface area contributed by atoms with Crippen LogP contribution in [-0.4, -0.2) is 26.4 Å². The Morgan fingerprint density at radius 2 is 1.82 bits per heavy atom. The van der Waals surface area contributed by atoms with Crippen LogP contribution in [-0.2, 0) is 10.2 Å². The smallest absolute Gasteiger partial charge is 0.124 e. The lowest BCUT2D eigenvalue weighted by Crippen LogP contribution is -2.57. The average Bonchev–Trinajstić information content (AvgIpc) is 2.14. The van der Waals surface area contributed by atoms with E-state index in [1.54, 1.807) is 7.11 Å². The Hall–Kier alpha value is -1.06. The van der Waals surface area contributed by atoms with Crippen molar-refractivity contribution in [1.82, 2.24) is 0 Å². The van der Waals surface area contributed by atoms with Gasteiger partial charge in [0.2, 0.25) is 0 Å². The van der Waals surface area contributed by atoms with Crippen molar-refractivity contribution in [3.8, 4) is 5.75 Å². The molecule has 1 atom stereocenters. The molecule has 1 unspecified atom stereocenters. The maximum Gasteiger partial charge on any atom is 0.124 e. The van der Waals surface area contributed by atoms with Gasteiger partial charge in [-0.3, -0.25) is 0 Å². The first-order chi connectivity index (χ1) is 8.01. The van der Waals surface area contributed by atoms with Gasteiger partial charge >= 0.3 is 0 Å². The predicted molar refractivity (Wildman–Crippen MR) is 68.6 cm³/mol. The van der Waals surface area contributed by atoms with Crippen LogP contribution in [0.25, 0.3) is 0 Å². The number of methoxy groups -OCH3 is 1. The van der Waals surface area contributed by atoms with Crippen LogP contribution in [0.1, 0.15) is 23.6 Å². The Morgan fingerprint density at radius 3 is 2.12 bits per heavy atom. The Labute approximate surface area is 103 Å². The molecule has 0 aromatic heterocycles. The highest BCUT2D eigenvalue weighted by Gasteiger charge is 2.44. The summed E-state index contributed by atoms with van der Waals surface area (Å²) in [6, 6.07) is 4.46. The first-order valence-corrected chi connectivity index (χ1v) is 6.00. The van der Waals surface area contributed by atoms with E-state index < -0.39 is 0 Å². The molecule has 1 heterocycles. The molecule has 0 aliphatic carbocycles. The number of benzene rings is 1. The molecule has 0 saturated carbocycles. The minimum absolute atomic E-state index is 0.0121. The molecule has 1 aliphatic rings. The van der Waals surface area contributed by atoms with Gasteiger partial charge < -0.3 is 15.2 Å². The molecule has 17 heavy (non-hydrogen) atoms. The van der Waals surface area contributed by atoms with E-state index in [1.807, 2.05) is 0 Å². The number of hydrogen-bond acceptors (Lipinski definition) is 3. The zero-order valence-electron chi connectivity index (χ0n) is 11.0. The molecule has 2 N–H and O–H groups in total. The van der Waals surface area contributed by atoms with E-state index in [0.29, 0.717) is 0 Å².